The van der Waals surface area contributed by atoms with Gasteiger partial charge in [-0.05, 0) is 37.3 Å². The van der Waals surface area contributed by atoms with Gasteiger partial charge in [0.05, 0.1) is 0 Å². The Labute approximate surface area is 92.4 Å². The van der Waals surface area contributed by atoms with E-state index in [0.717, 1.165) is 5.56 Å². The van der Waals surface area contributed by atoms with Gasteiger partial charge in [-0.2, -0.15) is 4.98 Å². The van der Waals surface area contributed by atoms with Crippen LogP contribution in [0.15, 0.2) is 34.9 Å². The molecule has 0 spiro atoms. The van der Waals surface area contributed by atoms with E-state index >= 15 is 0 Å². The molecule has 0 fully saturated rings. The normalized spacial score (nSPS) is 11.1. The molecule has 0 unspecified atom stereocenters. The van der Waals surface area contributed by atoms with Gasteiger partial charge in [-0.1, -0.05) is 22.8 Å². The Balaban J connectivity index is 2.33. The third kappa shape index (κ3) is 2.25. The first-order valence-corrected chi connectivity index (χ1v) is 4.90. The van der Waals surface area contributed by atoms with Crippen molar-refractivity contribution in [1.82, 2.24) is 10.1 Å². The third-order valence-electron chi connectivity index (χ3n) is 1.85. The van der Waals surface area contributed by atoms with E-state index in [9.17, 15) is 0 Å². The van der Waals surface area contributed by atoms with Gasteiger partial charge in [0.2, 0.25) is 5.82 Å². The zero-order valence-electron chi connectivity index (χ0n) is 8.14. The molecule has 0 bridgehead atoms. The van der Waals surface area contributed by atoms with E-state index in [4.69, 9.17) is 16.1 Å². The first-order valence-electron chi connectivity index (χ1n) is 4.52. The summed E-state index contributed by atoms with van der Waals surface area (Å²) in [5.41, 5.74) is 0.888. The van der Waals surface area contributed by atoms with Crippen molar-refractivity contribution in [2.24, 2.45) is 0 Å². The zero-order chi connectivity index (χ0) is 10.7. The van der Waals surface area contributed by atoms with Gasteiger partial charge >= 0.3 is 0 Å². The lowest BCUT2D eigenvalue weighted by atomic mass is 10.2. The maximum atomic E-state index is 5.78. The van der Waals surface area contributed by atoms with Crippen LogP contribution in [-0.2, 0) is 0 Å². The average molecular weight is 221 g/mol. The molecule has 1 aromatic carbocycles. The van der Waals surface area contributed by atoms with Crippen molar-refractivity contribution < 1.29 is 4.52 Å². The van der Waals surface area contributed by atoms with E-state index in [1.807, 2.05) is 25.1 Å². The lowest BCUT2D eigenvalue weighted by Gasteiger charge is -1.92. The molecule has 0 atom stereocenters. The van der Waals surface area contributed by atoms with Crippen LogP contribution in [0.2, 0.25) is 5.02 Å². The molecule has 0 radical (unpaired) electrons. The van der Waals surface area contributed by atoms with E-state index in [1.54, 1.807) is 18.2 Å². The van der Waals surface area contributed by atoms with Crippen molar-refractivity contribution in [3.63, 3.8) is 0 Å². The Kier molecular flexibility index (Phi) is 2.83. The Hall–Kier alpha value is -1.61. The number of aromatic nitrogens is 2. The molecule has 0 N–H and O–H groups in total. The third-order valence-corrected chi connectivity index (χ3v) is 2.11. The van der Waals surface area contributed by atoms with Crippen LogP contribution < -0.4 is 0 Å². The molecular weight excluding hydrogens is 212 g/mol. The molecule has 0 saturated carbocycles. The van der Waals surface area contributed by atoms with Crippen molar-refractivity contribution in [3.05, 3.63) is 41.3 Å². The van der Waals surface area contributed by atoms with Crippen LogP contribution in [0.1, 0.15) is 12.8 Å². The molecule has 2 aromatic rings. The van der Waals surface area contributed by atoms with Gasteiger partial charge in [0, 0.05) is 10.6 Å². The zero-order valence-corrected chi connectivity index (χ0v) is 8.90. The molecule has 4 heteroatoms. The second-order valence-electron chi connectivity index (χ2n) is 2.96. The van der Waals surface area contributed by atoms with Crippen molar-refractivity contribution >= 4 is 17.7 Å². The SMILES string of the molecule is C/C=C/c1nc(-c2ccc(Cl)cc2)no1. The van der Waals surface area contributed by atoms with E-state index in [2.05, 4.69) is 10.1 Å². The Bertz CT molecular complexity index is 474. The van der Waals surface area contributed by atoms with Crippen LogP contribution in [-0.4, -0.2) is 10.1 Å². The highest BCUT2D eigenvalue weighted by Gasteiger charge is 2.05. The molecular formula is C11H9ClN2O. The summed E-state index contributed by atoms with van der Waals surface area (Å²) in [5, 5.41) is 4.54. The van der Waals surface area contributed by atoms with Crippen LogP contribution in [0.3, 0.4) is 0 Å². The van der Waals surface area contributed by atoms with Crippen molar-refractivity contribution in [1.29, 1.82) is 0 Å². The fourth-order valence-corrected chi connectivity index (χ4v) is 1.29. The molecule has 1 heterocycles. The van der Waals surface area contributed by atoms with Crippen molar-refractivity contribution in [3.8, 4) is 11.4 Å². The number of hydrogen-bond acceptors (Lipinski definition) is 3. The van der Waals surface area contributed by atoms with Crippen molar-refractivity contribution in [2.45, 2.75) is 6.92 Å². The van der Waals surface area contributed by atoms with E-state index in [0.29, 0.717) is 16.7 Å². The van der Waals surface area contributed by atoms with Gasteiger partial charge in [0.15, 0.2) is 0 Å². The summed E-state index contributed by atoms with van der Waals surface area (Å²) in [4.78, 5) is 4.19. The van der Waals surface area contributed by atoms with E-state index < -0.39 is 0 Å². The predicted octanol–water partition coefficient (Wildman–Crippen LogP) is 3.42. The summed E-state index contributed by atoms with van der Waals surface area (Å²) in [6, 6.07) is 7.30. The quantitative estimate of drug-likeness (QED) is 0.779. The monoisotopic (exact) mass is 220 g/mol. The molecule has 0 aliphatic rings. The fourth-order valence-electron chi connectivity index (χ4n) is 1.16. The number of benzene rings is 1. The Morgan fingerprint density at radius 1 is 1.27 bits per heavy atom. The average Bonchev–Trinajstić information content (AvgIpc) is 2.68. The van der Waals surface area contributed by atoms with Gasteiger partial charge in [0.1, 0.15) is 0 Å². The number of nitrogens with zero attached hydrogens (tertiary/aromatic N) is 2. The highest BCUT2D eigenvalue weighted by molar-refractivity contribution is 6.30. The van der Waals surface area contributed by atoms with E-state index in [-0.39, 0.29) is 0 Å². The van der Waals surface area contributed by atoms with Crippen LogP contribution in [0, 0.1) is 0 Å². The smallest absolute Gasteiger partial charge is 0.250 e. The highest BCUT2D eigenvalue weighted by Crippen LogP contribution is 2.18. The Morgan fingerprint density at radius 2 is 2.00 bits per heavy atom. The van der Waals surface area contributed by atoms with Gasteiger partial charge in [-0.25, -0.2) is 0 Å². The summed E-state index contributed by atoms with van der Waals surface area (Å²) in [5.74, 6) is 1.07. The molecule has 0 aliphatic heterocycles. The molecule has 1 aromatic heterocycles. The largest absolute Gasteiger partial charge is 0.334 e. The highest BCUT2D eigenvalue weighted by atomic mass is 35.5. The second-order valence-corrected chi connectivity index (χ2v) is 3.40. The lowest BCUT2D eigenvalue weighted by Crippen LogP contribution is -1.79. The van der Waals surface area contributed by atoms with E-state index in [1.165, 1.54) is 0 Å². The molecule has 0 amide bonds. The minimum absolute atomic E-state index is 0.502. The maximum absolute atomic E-state index is 5.78. The second kappa shape index (κ2) is 4.28. The minimum atomic E-state index is 0.502. The van der Waals surface area contributed by atoms with Crippen LogP contribution in [0.5, 0.6) is 0 Å². The molecule has 0 aliphatic carbocycles. The van der Waals surface area contributed by atoms with Gasteiger partial charge in [-0.3, -0.25) is 0 Å². The minimum Gasteiger partial charge on any atom is -0.334 e. The van der Waals surface area contributed by atoms with Crippen LogP contribution in [0.4, 0.5) is 0 Å². The summed E-state index contributed by atoms with van der Waals surface area (Å²) in [6.45, 7) is 1.90. The maximum Gasteiger partial charge on any atom is 0.250 e. The summed E-state index contributed by atoms with van der Waals surface area (Å²) in [7, 11) is 0. The summed E-state index contributed by atoms with van der Waals surface area (Å²) >= 11 is 5.78. The van der Waals surface area contributed by atoms with Crippen molar-refractivity contribution in [2.75, 3.05) is 0 Å². The van der Waals surface area contributed by atoms with Gasteiger partial charge in [-0.15, -0.1) is 0 Å². The first-order chi connectivity index (χ1) is 7.29. The number of hydrogen-bond donors (Lipinski definition) is 0. The van der Waals surface area contributed by atoms with Crippen LogP contribution in [0.25, 0.3) is 17.5 Å². The number of allylic oxidation sites excluding steroid dienone is 1. The number of rotatable bonds is 2. The van der Waals surface area contributed by atoms with Gasteiger partial charge < -0.3 is 4.52 Å². The van der Waals surface area contributed by atoms with Crippen LogP contribution >= 0.6 is 11.6 Å². The first kappa shape index (κ1) is 9.93. The topological polar surface area (TPSA) is 38.9 Å². The Morgan fingerprint density at radius 3 is 2.67 bits per heavy atom. The summed E-state index contributed by atoms with van der Waals surface area (Å²) in [6.07, 6.45) is 3.60. The fraction of sp³-hybridized carbons (Fsp3) is 0.0909. The molecule has 2 rings (SSSR count). The molecule has 3 nitrogen and oxygen atoms in total. The molecule has 15 heavy (non-hydrogen) atoms. The standard InChI is InChI=1S/C11H9ClN2O/c1-2-3-10-13-11(14-15-10)8-4-6-9(12)7-5-8/h2-7H,1H3/b3-2+. The lowest BCUT2D eigenvalue weighted by molar-refractivity contribution is 0.411. The predicted molar refractivity (Wildman–Crippen MR) is 59.5 cm³/mol. The molecule has 0 saturated heterocycles. The van der Waals surface area contributed by atoms with Gasteiger partial charge in [0.25, 0.3) is 5.89 Å². The molecule has 76 valence electrons. The summed E-state index contributed by atoms with van der Waals surface area (Å²) < 4.78 is 5.01. The number of halogens is 1.